The molecule has 0 saturated carbocycles. The number of rotatable bonds is 6. The van der Waals surface area contributed by atoms with Gasteiger partial charge in [-0.25, -0.2) is 0 Å². The van der Waals surface area contributed by atoms with Crippen LogP contribution >= 0.6 is 0 Å². The van der Waals surface area contributed by atoms with E-state index in [-0.39, 0.29) is 16.7 Å². The molecule has 1 aromatic heterocycles. The van der Waals surface area contributed by atoms with Crippen molar-refractivity contribution in [3.8, 4) is 5.75 Å². The van der Waals surface area contributed by atoms with Gasteiger partial charge in [0.15, 0.2) is 0 Å². The van der Waals surface area contributed by atoms with Crippen LogP contribution in [-0.4, -0.2) is 27.5 Å². The van der Waals surface area contributed by atoms with Gasteiger partial charge in [0.25, 0.3) is 5.69 Å². The van der Waals surface area contributed by atoms with Gasteiger partial charge < -0.3 is 9.30 Å². The van der Waals surface area contributed by atoms with Crippen LogP contribution in [0.5, 0.6) is 5.75 Å². The highest BCUT2D eigenvalue weighted by Gasteiger charge is 2.27. The van der Waals surface area contributed by atoms with Crippen LogP contribution in [0.4, 0.5) is 5.69 Å². The van der Waals surface area contributed by atoms with Crippen LogP contribution in [0.25, 0.3) is 0 Å². The molecule has 2 heterocycles. The highest BCUT2D eigenvalue weighted by Crippen LogP contribution is 2.34. The Hall–Kier alpha value is -3.12. The van der Waals surface area contributed by atoms with Crippen molar-refractivity contribution in [3.05, 3.63) is 93.8 Å². The molecule has 1 atom stereocenters. The number of hydrogen-bond donors (Lipinski definition) is 0. The summed E-state index contributed by atoms with van der Waals surface area (Å²) in [5, 5.41) is 11.1. The summed E-state index contributed by atoms with van der Waals surface area (Å²) in [7, 11) is 0. The van der Waals surface area contributed by atoms with Crippen LogP contribution in [0.1, 0.15) is 36.2 Å². The summed E-state index contributed by atoms with van der Waals surface area (Å²) in [5.74, 6) is 0.882. The Kier molecular flexibility index (Phi) is 5.62. The number of hydrogen-bond acceptors (Lipinski definition) is 4. The van der Waals surface area contributed by atoms with Gasteiger partial charge >= 0.3 is 0 Å². The predicted molar refractivity (Wildman–Crippen MR) is 112 cm³/mol. The molecule has 150 valence electrons. The maximum Gasteiger partial charge on any atom is 0.269 e. The van der Waals surface area contributed by atoms with Crippen molar-refractivity contribution >= 4 is 5.69 Å². The molecule has 6 nitrogen and oxygen atoms in total. The zero-order valence-corrected chi connectivity index (χ0v) is 16.5. The standard InChI is InChI=1S/C23H25N3O3/c1-2-29-21-12-6-18(7-13-21)17-25-16-4-15-24-14-3-5-22(24)23(25)19-8-10-20(11-9-19)26(27)28/h3,5-14,23H,2,4,15-17H2,1H3/t23-/m0/s1. The minimum Gasteiger partial charge on any atom is -0.494 e. The topological polar surface area (TPSA) is 60.5 Å². The van der Waals surface area contributed by atoms with E-state index in [9.17, 15) is 10.1 Å². The monoisotopic (exact) mass is 391 g/mol. The third-order valence-corrected chi connectivity index (χ3v) is 5.39. The molecule has 3 aromatic rings. The van der Waals surface area contributed by atoms with E-state index in [1.165, 1.54) is 11.3 Å². The summed E-state index contributed by atoms with van der Waals surface area (Å²) >= 11 is 0. The van der Waals surface area contributed by atoms with Crippen molar-refractivity contribution in [3.63, 3.8) is 0 Å². The largest absolute Gasteiger partial charge is 0.494 e. The number of nitrogens with zero attached hydrogens (tertiary/aromatic N) is 3. The summed E-state index contributed by atoms with van der Waals surface area (Å²) in [6.45, 7) is 5.38. The molecular formula is C23H25N3O3. The zero-order valence-electron chi connectivity index (χ0n) is 16.5. The normalized spacial score (nSPS) is 16.8. The first-order valence-electron chi connectivity index (χ1n) is 10.0. The molecule has 6 heteroatoms. The summed E-state index contributed by atoms with van der Waals surface area (Å²) in [5.41, 5.74) is 3.64. The van der Waals surface area contributed by atoms with Gasteiger partial charge in [-0.05, 0) is 48.7 Å². The summed E-state index contributed by atoms with van der Waals surface area (Å²) in [6.07, 6.45) is 3.18. The fourth-order valence-corrected chi connectivity index (χ4v) is 4.06. The molecule has 0 spiro atoms. The second-order valence-electron chi connectivity index (χ2n) is 7.28. The number of non-ortho nitro benzene ring substituents is 1. The molecular weight excluding hydrogens is 366 g/mol. The lowest BCUT2D eigenvalue weighted by atomic mass is 10.0. The molecule has 0 bridgehead atoms. The van der Waals surface area contributed by atoms with Gasteiger partial charge in [-0.15, -0.1) is 0 Å². The Morgan fingerprint density at radius 1 is 1.07 bits per heavy atom. The van der Waals surface area contributed by atoms with Crippen LogP contribution in [-0.2, 0) is 13.1 Å². The van der Waals surface area contributed by atoms with E-state index in [4.69, 9.17) is 4.74 Å². The Labute approximate surface area is 170 Å². The van der Waals surface area contributed by atoms with Crippen molar-refractivity contribution in [1.29, 1.82) is 0 Å². The molecule has 4 rings (SSSR count). The van der Waals surface area contributed by atoms with Crippen molar-refractivity contribution in [1.82, 2.24) is 9.47 Å². The third-order valence-electron chi connectivity index (χ3n) is 5.39. The van der Waals surface area contributed by atoms with E-state index in [1.54, 1.807) is 12.1 Å². The first-order chi connectivity index (χ1) is 14.2. The Bertz CT molecular complexity index is 964. The molecule has 0 N–H and O–H groups in total. The van der Waals surface area contributed by atoms with Crippen molar-refractivity contribution in [2.45, 2.75) is 32.5 Å². The highest BCUT2D eigenvalue weighted by atomic mass is 16.6. The van der Waals surface area contributed by atoms with Gasteiger partial charge in [0.2, 0.25) is 0 Å². The first kappa shape index (κ1) is 19.2. The number of nitro groups is 1. The third kappa shape index (κ3) is 4.17. The summed E-state index contributed by atoms with van der Waals surface area (Å²) in [4.78, 5) is 13.2. The molecule has 0 aliphatic carbocycles. The van der Waals surface area contributed by atoms with E-state index in [0.717, 1.165) is 37.4 Å². The fourth-order valence-electron chi connectivity index (χ4n) is 4.06. The van der Waals surface area contributed by atoms with Crippen LogP contribution in [0.2, 0.25) is 0 Å². The maximum atomic E-state index is 11.1. The van der Waals surface area contributed by atoms with Gasteiger partial charge in [0.1, 0.15) is 5.75 Å². The quantitative estimate of drug-likeness (QED) is 0.448. The minimum atomic E-state index is -0.350. The van der Waals surface area contributed by atoms with Gasteiger partial charge in [-0.3, -0.25) is 15.0 Å². The predicted octanol–water partition coefficient (Wildman–Crippen LogP) is 4.79. The van der Waals surface area contributed by atoms with Crippen LogP contribution in [0, 0.1) is 10.1 Å². The van der Waals surface area contributed by atoms with Crippen molar-refractivity contribution in [2.24, 2.45) is 0 Å². The maximum absolute atomic E-state index is 11.1. The molecule has 0 radical (unpaired) electrons. The molecule has 0 unspecified atom stereocenters. The minimum absolute atomic E-state index is 0.0554. The Balaban J connectivity index is 1.66. The number of ether oxygens (including phenoxy) is 1. The zero-order chi connectivity index (χ0) is 20.2. The number of aryl methyl sites for hydroxylation is 1. The van der Waals surface area contributed by atoms with E-state index in [1.807, 2.05) is 31.2 Å². The van der Waals surface area contributed by atoms with E-state index < -0.39 is 0 Å². The molecule has 1 aliphatic heterocycles. The van der Waals surface area contributed by atoms with Crippen LogP contribution < -0.4 is 4.74 Å². The molecule has 1 aliphatic rings. The fraction of sp³-hybridized carbons (Fsp3) is 0.304. The number of benzene rings is 2. The second-order valence-corrected chi connectivity index (χ2v) is 7.28. The van der Waals surface area contributed by atoms with E-state index in [0.29, 0.717) is 6.61 Å². The summed E-state index contributed by atoms with van der Waals surface area (Å²) in [6, 6.07) is 19.5. The molecule has 29 heavy (non-hydrogen) atoms. The van der Waals surface area contributed by atoms with Gasteiger partial charge in [0, 0.05) is 43.7 Å². The Morgan fingerprint density at radius 3 is 2.52 bits per heavy atom. The average molecular weight is 391 g/mol. The van der Waals surface area contributed by atoms with Gasteiger partial charge in [-0.2, -0.15) is 0 Å². The smallest absolute Gasteiger partial charge is 0.269 e. The average Bonchev–Trinajstić information content (AvgIpc) is 3.11. The van der Waals surface area contributed by atoms with Crippen LogP contribution in [0.15, 0.2) is 66.9 Å². The lowest BCUT2D eigenvalue weighted by molar-refractivity contribution is -0.384. The summed E-state index contributed by atoms with van der Waals surface area (Å²) < 4.78 is 7.85. The van der Waals surface area contributed by atoms with Crippen molar-refractivity contribution in [2.75, 3.05) is 13.2 Å². The number of nitro benzene ring substituents is 1. The SMILES string of the molecule is CCOc1ccc(CN2CCCn3cccc3[C@@H]2c2ccc([N+](=O)[O-])cc2)cc1. The lowest BCUT2D eigenvalue weighted by Crippen LogP contribution is -2.29. The van der Waals surface area contributed by atoms with Crippen molar-refractivity contribution < 1.29 is 9.66 Å². The first-order valence-corrected chi connectivity index (χ1v) is 10.0. The molecule has 2 aromatic carbocycles. The molecule has 0 amide bonds. The van der Waals surface area contributed by atoms with Gasteiger partial charge in [-0.1, -0.05) is 24.3 Å². The molecule has 0 saturated heterocycles. The van der Waals surface area contributed by atoms with E-state index in [2.05, 4.69) is 39.9 Å². The van der Waals surface area contributed by atoms with Gasteiger partial charge in [0.05, 0.1) is 17.6 Å². The highest BCUT2D eigenvalue weighted by molar-refractivity contribution is 5.38. The lowest BCUT2D eigenvalue weighted by Gasteiger charge is -2.30. The second kappa shape index (κ2) is 8.49. The number of fused-ring (bicyclic) bond motifs is 1. The molecule has 0 fully saturated rings. The number of aromatic nitrogens is 1. The Morgan fingerprint density at radius 2 is 1.83 bits per heavy atom. The van der Waals surface area contributed by atoms with Crippen LogP contribution in [0.3, 0.4) is 0 Å². The van der Waals surface area contributed by atoms with E-state index >= 15 is 0 Å².